The van der Waals surface area contributed by atoms with Crippen LogP contribution in [0.5, 0.6) is 0 Å². The van der Waals surface area contributed by atoms with E-state index in [4.69, 9.17) is 10.00 Å². The number of nitriles is 1. The Morgan fingerprint density at radius 3 is 2.67 bits per heavy atom. The molecule has 1 aromatic rings. The zero-order valence-electron chi connectivity index (χ0n) is 9.54. The maximum atomic E-state index is 12.8. The van der Waals surface area contributed by atoms with Crippen molar-refractivity contribution >= 4 is 21.9 Å². The minimum atomic E-state index is -2.69. The fraction of sp³-hybridized carbons (Fsp3) is 0.333. The molecule has 0 spiro atoms. The van der Waals surface area contributed by atoms with E-state index in [2.05, 4.69) is 15.9 Å². The van der Waals surface area contributed by atoms with Gasteiger partial charge in [0.2, 0.25) is 0 Å². The summed E-state index contributed by atoms with van der Waals surface area (Å²) in [6, 6.07) is 4.13. The Morgan fingerprint density at radius 2 is 2.22 bits per heavy atom. The lowest BCUT2D eigenvalue weighted by atomic mass is 9.98. The molecule has 0 aliphatic carbocycles. The van der Waals surface area contributed by atoms with Crippen molar-refractivity contribution in [2.75, 3.05) is 6.61 Å². The first-order valence-corrected chi connectivity index (χ1v) is 6.26. The van der Waals surface area contributed by atoms with Crippen LogP contribution in [0.3, 0.4) is 0 Å². The van der Waals surface area contributed by atoms with E-state index in [-0.39, 0.29) is 34.2 Å². The molecule has 0 unspecified atom stereocenters. The van der Waals surface area contributed by atoms with Crippen LogP contribution in [-0.4, -0.2) is 12.6 Å². The van der Waals surface area contributed by atoms with E-state index in [1.165, 1.54) is 6.07 Å². The van der Waals surface area contributed by atoms with E-state index in [9.17, 15) is 13.6 Å². The summed E-state index contributed by atoms with van der Waals surface area (Å²) in [6.07, 6.45) is -2.69. The van der Waals surface area contributed by atoms with Gasteiger partial charge < -0.3 is 4.74 Å². The number of benzene rings is 1. The molecule has 0 amide bonds. The van der Waals surface area contributed by atoms with Gasteiger partial charge in [-0.2, -0.15) is 5.26 Å². The summed E-state index contributed by atoms with van der Waals surface area (Å²) in [6.45, 7) is 1.78. The van der Waals surface area contributed by atoms with Crippen LogP contribution in [0.15, 0.2) is 12.1 Å². The first-order chi connectivity index (χ1) is 8.56. The third-order valence-corrected chi connectivity index (χ3v) is 2.89. The molecule has 6 heteroatoms. The van der Waals surface area contributed by atoms with E-state index >= 15 is 0 Å². The maximum Gasteiger partial charge on any atom is 0.339 e. The van der Waals surface area contributed by atoms with Crippen LogP contribution in [0.25, 0.3) is 0 Å². The number of hydrogen-bond acceptors (Lipinski definition) is 3. The van der Waals surface area contributed by atoms with Gasteiger partial charge in [-0.1, -0.05) is 22.0 Å². The molecule has 0 radical (unpaired) electrons. The monoisotopic (exact) mass is 317 g/mol. The molecular formula is C12H10BrF2NO2. The summed E-state index contributed by atoms with van der Waals surface area (Å²) < 4.78 is 30.3. The Balaban J connectivity index is 3.40. The SMILES string of the molecule is CCOC(=O)c1ccc(C(F)F)c(CBr)c1C#N. The average molecular weight is 318 g/mol. The molecule has 0 aliphatic heterocycles. The van der Waals surface area contributed by atoms with Crippen molar-refractivity contribution in [3.05, 3.63) is 34.4 Å². The van der Waals surface area contributed by atoms with E-state index in [0.29, 0.717) is 0 Å². The van der Waals surface area contributed by atoms with Crippen molar-refractivity contribution in [1.82, 2.24) is 0 Å². The molecule has 3 nitrogen and oxygen atoms in total. The molecular weight excluding hydrogens is 308 g/mol. The van der Waals surface area contributed by atoms with Gasteiger partial charge in [-0.25, -0.2) is 13.6 Å². The first kappa shape index (κ1) is 14.6. The van der Waals surface area contributed by atoms with Crippen molar-refractivity contribution in [2.45, 2.75) is 18.7 Å². The third kappa shape index (κ3) is 2.85. The minimum Gasteiger partial charge on any atom is -0.462 e. The molecule has 0 aliphatic rings. The lowest BCUT2D eigenvalue weighted by Gasteiger charge is -2.11. The molecule has 0 saturated carbocycles. The van der Waals surface area contributed by atoms with Gasteiger partial charge in [0.05, 0.1) is 17.7 Å². The lowest BCUT2D eigenvalue weighted by molar-refractivity contribution is 0.0525. The van der Waals surface area contributed by atoms with Crippen molar-refractivity contribution in [3.63, 3.8) is 0 Å². The largest absolute Gasteiger partial charge is 0.462 e. The summed E-state index contributed by atoms with van der Waals surface area (Å²) >= 11 is 3.05. The van der Waals surface area contributed by atoms with Crippen molar-refractivity contribution < 1.29 is 18.3 Å². The van der Waals surface area contributed by atoms with Crippen molar-refractivity contribution in [1.29, 1.82) is 5.26 Å². The highest BCUT2D eigenvalue weighted by atomic mass is 79.9. The smallest absolute Gasteiger partial charge is 0.339 e. The number of alkyl halides is 3. The molecule has 0 fully saturated rings. The predicted octanol–water partition coefficient (Wildman–Crippen LogP) is 3.57. The lowest BCUT2D eigenvalue weighted by Crippen LogP contribution is -2.10. The second kappa shape index (κ2) is 6.45. The van der Waals surface area contributed by atoms with Gasteiger partial charge >= 0.3 is 5.97 Å². The summed E-state index contributed by atoms with van der Waals surface area (Å²) in [5, 5.41) is 9.10. The van der Waals surface area contributed by atoms with E-state index in [1.807, 2.05) is 0 Å². The number of rotatable bonds is 4. The number of hydrogen-bond donors (Lipinski definition) is 0. The number of carbonyl (C=O) groups is 1. The van der Waals surface area contributed by atoms with Gasteiger partial charge in [-0.05, 0) is 18.6 Å². The summed E-state index contributed by atoms with van der Waals surface area (Å²) in [7, 11) is 0. The summed E-state index contributed by atoms with van der Waals surface area (Å²) in [4.78, 5) is 11.6. The third-order valence-electron chi connectivity index (χ3n) is 2.33. The van der Waals surface area contributed by atoms with Crippen molar-refractivity contribution in [3.8, 4) is 6.07 Å². The Labute approximate surface area is 111 Å². The predicted molar refractivity (Wildman–Crippen MR) is 64.7 cm³/mol. The van der Waals surface area contributed by atoms with Crippen LogP contribution in [0, 0.1) is 11.3 Å². The van der Waals surface area contributed by atoms with E-state index in [0.717, 1.165) is 6.07 Å². The van der Waals surface area contributed by atoms with Gasteiger partial charge in [0.25, 0.3) is 6.43 Å². The molecule has 96 valence electrons. The van der Waals surface area contributed by atoms with Gasteiger partial charge in [0.15, 0.2) is 0 Å². The second-order valence-corrected chi connectivity index (χ2v) is 3.88. The number of halogens is 3. The van der Waals surface area contributed by atoms with Gasteiger partial charge in [-0.3, -0.25) is 0 Å². The number of esters is 1. The standard InChI is InChI=1S/C12H10BrF2NO2/c1-2-18-12(17)8-4-3-7(11(14)15)9(5-13)10(8)6-16/h3-4,11H,2,5H2,1H3. The summed E-state index contributed by atoms with van der Waals surface area (Å²) in [5.41, 5.74) is -0.184. The molecule has 0 heterocycles. The number of ether oxygens (including phenoxy) is 1. The molecule has 0 aromatic heterocycles. The molecule has 1 rings (SSSR count). The maximum absolute atomic E-state index is 12.8. The highest BCUT2D eigenvalue weighted by Gasteiger charge is 2.22. The fourth-order valence-corrected chi connectivity index (χ4v) is 2.12. The zero-order valence-corrected chi connectivity index (χ0v) is 11.1. The van der Waals surface area contributed by atoms with Crippen LogP contribution in [0.4, 0.5) is 8.78 Å². The molecule has 18 heavy (non-hydrogen) atoms. The van der Waals surface area contributed by atoms with Gasteiger partial charge in [0.1, 0.15) is 6.07 Å². The van der Waals surface area contributed by atoms with Crippen LogP contribution < -0.4 is 0 Å². The van der Waals surface area contributed by atoms with Crippen molar-refractivity contribution in [2.24, 2.45) is 0 Å². The quantitative estimate of drug-likeness (QED) is 0.630. The van der Waals surface area contributed by atoms with Gasteiger partial charge in [-0.15, -0.1) is 0 Å². The van der Waals surface area contributed by atoms with E-state index in [1.54, 1.807) is 13.0 Å². The Kier molecular flexibility index (Phi) is 5.23. The normalized spacial score (nSPS) is 10.2. The Hall–Kier alpha value is -1.48. The first-order valence-electron chi connectivity index (χ1n) is 5.13. The molecule has 0 bridgehead atoms. The Morgan fingerprint density at radius 1 is 1.56 bits per heavy atom. The number of carbonyl (C=O) groups excluding carboxylic acids is 1. The fourth-order valence-electron chi connectivity index (χ4n) is 1.52. The highest BCUT2D eigenvalue weighted by molar-refractivity contribution is 9.08. The highest BCUT2D eigenvalue weighted by Crippen LogP contribution is 2.29. The zero-order chi connectivity index (χ0) is 13.7. The minimum absolute atomic E-state index is 0.0122. The van der Waals surface area contributed by atoms with Crippen LogP contribution in [0.2, 0.25) is 0 Å². The van der Waals surface area contributed by atoms with Crippen LogP contribution in [-0.2, 0) is 10.1 Å². The summed E-state index contributed by atoms with van der Waals surface area (Å²) in [5.74, 6) is -0.683. The Bertz CT molecular complexity index is 498. The molecule has 0 N–H and O–H groups in total. The van der Waals surface area contributed by atoms with Gasteiger partial charge in [0, 0.05) is 10.9 Å². The topological polar surface area (TPSA) is 50.1 Å². The molecule has 0 saturated heterocycles. The second-order valence-electron chi connectivity index (χ2n) is 3.32. The van der Waals surface area contributed by atoms with Crippen LogP contribution in [0.1, 0.15) is 40.4 Å². The average Bonchev–Trinajstić information content (AvgIpc) is 2.36. The molecule has 0 atom stereocenters. The molecule has 1 aromatic carbocycles. The van der Waals surface area contributed by atoms with Crippen LogP contribution >= 0.6 is 15.9 Å². The number of nitrogens with zero attached hydrogens (tertiary/aromatic N) is 1. The van der Waals surface area contributed by atoms with E-state index < -0.39 is 12.4 Å².